The number of hydrogen-bond donors (Lipinski definition) is 0. The van der Waals surface area contributed by atoms with Gasteiger partial charge in [0, 0.05) is 11.6 Å². The highest BCUT2D eigenvalue weighted by molar-refractivity contribution is 7.87. The molecule has 2 aromatic carbocycles. The Kier molecular flexibility index (Phi) is 4.16. The van der Waals surface area contributed by atoms with E-state index in [2.05, 4.69) is 4.98 Å². The fourth-order valence-electron chi connectivity index (χ4n) is 2.18. The molecule has 3 rings (SSSR count). The van der Waals surface area contributed by atoms with E-state index in [9.17, 15) is 8.42 Å². The molecule has 0 aliphatic rings. The summed E-state index contributed by atoms with van der Waals surface area (Å²) in [6.07, 6.45) is 1.60. The third kappa shape index (κ3) is 3.27. The van der Waals surface area contributed by atoms with Gasteiger partial charge in [0.05, 0.1) is 6.61 Å². The van der Waals surface area contributed by atoms with Gasteiger partial charge in [0.2, 0.25) is 0 Å². The van der Waals surface area contributed by atoms with E-state index in [4.69, 9.17) is 8.92 Å². The van der Waals surface area contributed by atoms with Crippen molar-refractivity contribution < 1.29 is 17.3 Å². The average Bonchev–Trinajstić information content (AvgIpc) is 2.56. The number of para-hydroxylation sites is 1. The van der Waals surface area contributed by atoms with E-state index >= 15 is 0 Å². The van der Waals surface area contributed by atoms with Crippen molar-refractivity contribution in [3.05, 3.63) is 60.8 Å². The van der Waals surface area contributed by atoms with Gasteiger partial charge < -0.3 is 8.92 Å². The Balaban J connectivity index is 1.93. The molecule has 0 amide bonds. The van der Waals surface area contributed by atoms with Crippen LogP contribution in [0.3, 0.4) is 0 Å². The number of rotatable bonds is 5. The number of aromatic nitrogens is 1. The van der Waals surface area contributed by atoms with Gasteiger partial charge in [-0.25, -0.2) is 0 Å². The van der Waals surface area contributed by atoms with Crippen molar-refractivity contribution in [1.29, 1.82) is 0 Å². The standard InChI is InChI=1S/C17H15NO4S/c1-2-21-14-8-10-15(11-9-14)23(19,20)22-16-7-3-5-13-6-4-12-18-17(13)16/h3-12H,2H2,1H3. The molecule has 0 bridgehead atoms. The highest BCUT2D eigenvalue weighted by Gasteiger charge is 2.18. The first kappa shape index (κ1) is 15.3. The van der Waals surface area contributed by atoms with Gasteiger partial charge in [-0.05, 0) is 43.3 Å². The number of pyridine rings is 1. The molecule has 0 unspecified atom stereocenters. The molecule has 0 aliphatic carbocycles. The molecule has 5 nitrogen and oxygen atoms in total. The molecule has 118 valence electrons. The number of nitrogens with zero attached hydrogens (tertiary/aromatic N) is 1. The molecule has 0 N–H and O–H groups in total. The van der Waals surface area contributed by atoms with Gasteiger partial charge in [0.25, 0.3) is 0 Å². The van der Waals surface area contributed by atoms with Crippen LogP contribution < -0.4 is 8.92 Å². The van der Waals surface area contributed by atoms with Crippen LogP contribution in [-0.2, 0) is 10.1 Å². The molecule has 0 fully saturated rings. The molecule has 0 aliphatic heterocycles. The first-order chi connectivity index (χ1) is 11.1. The monoisotopic (exact) mass is 329 g/mol. The Bertz CT molecular complexity index is 915. The van der Waals surface area contributed by atoms with Crippen LogP contribution in [0.25, 0.3) is 10.9 Å². The summed E-state index contributed by atoms with van der Waals surface area (Å²) < 4.78 is 35.4. The molecule has 0 spiro atoms. The maximum atomic E-state index is 12.4. The predicted octanol–water partition coefficient (Wildman–Crippen LogP) is 3.40. The van der Waals surface area contributed by atoms with Crippen LogP contribution in [0.1, 0.15) is 6.92 Å². The topological polar surface area (TPSA) is 65.5 Å². The lowest BCUT2D eigenvalue weighted by Gasteiger charge is -2.09. The summed E-state index contributed by atoms with van der Waals surface area (Å²) in [5, 5.41) is 0.812. The summed E-state index contributed by atoms with van der Waals surface area (Å²) in [6, 6.07) is 14.9. The van der Waals surface area contributed by atoms with Gasteiger partial charge >= 0.3 is 10.1 Å². The summed E-state index contributed by atoms with van der Waals surface area (Å²) in [7, 11) is -3.93. The maximum Gasteiger partial charge on any atom is 0.339 e. The number of fused-ring (bicyclic) bond motifs is 1. The summed E-state index contributed by atoms with van der Waals surface area (Å²) in [5.41, 5.74) is 0.504. The van der Waals surface area contributed by atoms with E-state index in [1.54, 1.807) is 36.5 Å². The van der Waals surface area contributed by atoms with Crippen LogP contribution in [0.2, 0.25) is 0 Å². The summed E-state index contributed by atoms with van der Waals surface area (Å²) in [6.45, 7) is 2.38. The smallest absolute Gasteiger partial charge is 0.339 e. The Morgan fingerprint density at radius 3 is 2.48 bits per heavy atom. The zero-order chi connectivity index (χ0) is 16.3. The minimum Gasteiger partial charge on any atom is -0.494 e. The quantitative estimate of drug-likeness (QED) is 0.671. The van der Waals surface area contributed by atoms with Crippen LogP contribution in [0, 0.1) is 0 Å². The van der Waals surface area contributed by atoms with Gasteiger partial charge in [-0.3, -0.25) is 4.98 Å². The van der Waals surface area contributed by atoms with E-state index in [0.717, 1.165) is 5.39 Å². The van der Waals surface area contributed by atoms with Crippen molar-refractivity contribution in [2.24, 2.45) is 0 Å². The van der Waals surface area contributed by atoms with Crippen LogP contribution in [0.15, 0.2) is 65.7 Å². The third-order valence-corrected chi connectivity index (χ3v) is 4.47. The summed E-state index contributed by atoms with van der Waals surface area (Å²) in [4.78, 5) is 4.25. The number of hydrogen-bond acceptors (Lipinski definition) is 5. The van der Waals surface area contributed by atoms with Gasteiger partial charge in [0.1, 0.15) is 16.2 Å². The van der Waals surface area contributed by atoms with Gasteiger partial charge in [-0.1, -0.05) is 18.2 Å². The molecule has 0 saturated heterocycles. The molecular weight excluding hydrogens is 314 g/mol. The summed E-state index contributed by atoms with van der Waals surface area (Å²) in [5.74, 6) is 0.815. The Labute approximate surface area is 134 Å². The minimum atomic E-state index is -3.93. The van der Waals surface area contributed by atoms with Crippen LogP contribution in [0.5, 0.6) is 11.5 Å². The normalized spacial score (nSPS) is 11.3. The zero-order valence-electron chi connectivity index (χ0n) is 12.5. The third-order valence-electron chi connectivity index (χ3n) is 3.22. The van der Waals surface area contributed by atoms with Gasteiger partial charge in [-0.2, -0.15) is 8.42 Å². The van der Waals surface area contributed by atoms with Crippen molar-refractivity contribution in [2.75, 3.05) is 6.61 Å². The molecule has 1 heterocycles. The van der Waals surface area contributed by atoms with Crippen molar-refractivity contribution >= 4 is 21.0 Å². The van der Waals surface area contributed by atoms with Crippen molar-refractivity contribution in [3.63, 3.8) is 0 Å². The van der Waals surface area contributed by atoms with Gasteiger partial charge in [-0.15, -0.1) is 0 Å². The lowest BCUT2D eigenvalue weighted by atomic mass is 10.2. The SMILES string of the molecule is CCOc1ccc(S(=O)(=O)Oc2cccc3cccnc23)cc1. The Morgan fingerprint density at radius 1 is 1.00 bits per heavy atom. The van der Waals surface area contributed by atoms with E-state index < -0.39 is 10.1 Å². The molecule has 23 heavy (non-hydrogen) atoms. The molecule has 3 aromatic rings. The molecular formula is C17H15NO4S. The van der Waals surface area contributed by atoms with E-state index in [-0.39, 0.29) is 10.6 Å². The van der Waals surface area contributed by atoms with E-state index in [0.29, 0.717) is 17.9 Å². The highest BCUT2D eigenvalue weighted by atomic mass is 32.2. The van der Waals surface area contributed by atoms with Crippen molar-refractivity contribution in [2.45, 2.75) is 11.8 Å². The highest BCUT2D eigenvalue weighted by Crippen LogP contribution is 2.27. The largest absolute Gasteiger partial charge is 0.494 e. The van der Waals surface area contributed by atoms with Crippen LogP contribution in [-0.4, -0.2) is 20.0 Å². The number of benzene rings is 2. The maximum absolute atomic E-state index is 12.4. The molecule has 0 atom stereocenters. The second-order valence-electron chi connectivity index (χ2n) is 4.77. The van der Waals surface area contributed by atoms with E-state index in [1.165, 1.54) is 12.1 Å². The lowest BCUT2D eigenvalue weighted by Crippen LogP contribution is -2.10. The Morgan fingerprint density at radius 2 is 1.74 bits per heavy atom. The summed E-state index contributed by atoms with van der Waals surface area (Å²) >= 11 is 0. The molecule has 1 aromatic heterocycles. The lowest BCUT2D eigenvalue weighted by molar-refractivity contribution is 0.340. The minimum absolute atomic E-state index is 0.0638. The van der Waals surface area contributed by atoms with Gasteiger partial charge in [0.15, 0.2) is 5.75 Å². The fraction of sp³-hybridized carbons (Fsp3) is 0.118. The second kappa shape index (κ2) is 6.26. The van der Waals surface area contributed by atoms with E-state index in [1.807, 2.05) is 19.1 Å². The molecule has 6 heteroatoms. The molecule has 0 saturated carbocycles. The zero-order valence-corrected chi connectivity index (χ0v) is 13.3. The first-order valence-electron chi connectivity index (χ1n) is 7.11. The fourth-order valence-corrected chi connectivity index (χ4v) is 3.12. The molecule has 0 radical (unpaired) electrons. The Hall–Kier alpha value is -2.60. The average molecular weight is 329 g/mol. The predicted molar refractivity (Wildman–Crippen MR) is 87.2 cm³/mol. The first-order valence-corrected chi connectivity index (χ1v) is 8.52. The van der Waals surface area contributed by atoms with Crippen LogP contribution >= 0.6 is 0 Å². The van der Waals surface area contributed by atoms with Crippen LogP contribution in [0.4, 0.5) is 0 Å². The second-order valence-corrected chi connectivity index (χ2v) is 6.32. The van der Waals surface area contributed by atoms with Crippen molar-refractivity contribution in [1.82, 2.24) is 4.98 Å². The van der Waals surface area contributed by atoms with Crippen molar-refractivity contribution in [3.8, 4) is 11.5 Å². The number of ether oxygens (including phenoxy) is 1.